The Hall–Kier alpha value is -0.740. The first-order chi connectivity index (χ1) is 9.11. The molecular weight excluding hydrogens is 349 g/mol. The summed E-state index contributed by atoms with van der Waals surface area (Å²) in [6.07, 6.45) is 0.653. The van der Waals surface area contributed by atoms with Crippen molar-refractivity contribution in [2.75, 3.05) is 6.54 Å². The molecule has 2 N–H and O–H groups in total. The van der Waals surface area contributed by atoms with Gasteiger partial charge < -0.3 is 10.5 Å². The Bertz CT molecular complexity index is 590. The van der Waals surface area contributed by atoms with Crippen molar-refractivity contribution in [3.63, 3.8) is 0 Å². The molecule has 0 aliphatic rings. The average Bonchev–Trinajstić information content (AvgIpc) is 2.38. The van der Waals surface area contributed by atoms with Crippen LogP contribution in [0.1, 0.15) is 5.56 Å². The number of hydrogen-bond acceptors (Lipinski definition) is 2. The minimum absolute atomic E-state index is 0.506. The number of nitrogens with two attached hydrogens (primary N) is 1. The van der Waals surface area contributed by atoms with Crippen LogP contribution in [0.3, 0.4) is 0 Å². The Kier molecular flexibility index (Phi) is 5.11. The van der Waals surface area contributed by atoms with Crippen molar-refractivity contribution in [3.05, 3.63) is 56.5 Å². The molecule has 2 aromatic carbocycles. The molecule has 0 heterocycles. The molecule has 2 aromatic rings. The summed E-state index contributed by atoms with van der Waals surface area (Å²) < 4.78 is 6.75. The molecule has 2 rings (SSSR count). The molecule has 100 valence electrons. The summed E-state index contributed by atoms with van der Waals surface area (Å²) in [5.41, 5.74) is 6.49. The van der Waals surface area contributed by atoms with E-state index in [-0.39, 0.29) is 0 Å². The van der Waals surface area contributed by atoms with Gasteiger partial charge in [-0.3, -0.25) is 0 Å². The molecule has 2 nitrogen and oxygen atoms in total. The minimum Gasteiger partial charge on any atom is -0.455 e. The summed E-state index contributed by atoms with van der Waals surface area (Å²) in [4.78, 5) is 0. The highest BCUT2D eigenvalue weighted by Crippen LogP contribution is 2.35. The number of benzene rings is 2. The zero-order chi connectivity index (χ0) is 13.8. The topological polar surface area (TPSA) is 35.2 Å². The highest BCUT2D eigenvalue weighted by atomic mass is 79.9. The van der Waals surface area contributed by atoms with Crippen LogP contribution in [0.4, 0.5) is 0 Å². The molecule has 0 radical (unpaired) electrons. The molecular formula is C14H12BrCl2NO. The largest absolute Gasteiger partial charge is 0.455 e. The van der Waals surface area contributed by atoms with Crippen molar-refractivity contribution in [3.8, 4) is 11.5 Å². The third kappa shape index (κ3) is 3.63. The smallest absolute Gasteiger partial charge is 0.147 e. The van der Waals surface area contributed by atoms with E-state index in [1.165, 1.54) is 0 Å². The molecule has 0 unspecified atom stereocenters. The first kappa shape index (κ1) is 14.7. The summed E-state index contributed by atoms with van der Waals surface area (Å²) in [5.74, 6) is 1.26. The van der Waals surface area contributed by atoms with E-state index in [1.807, 2.05) is 30.3 Å². The highest BCUT2D eigenvalue weighted by molar-refractivity contribution is 9.10. The van der Waals surface area contributed by atoms with E-state index < -0.39 is 0 Å². The third-order valence-electron chi connectivity index (χ3n) is 2.58. The monoisotopic (exact) mass is 359 g/mol. The number of hydrogen-bond donors (Lipinski definition) is 1. The maximum Gasteiger partial charge on any atom is 0.147 e. The average molecular weight is 361 g/mol. The third-order valence-corrected chi connectivity index (χ3v) is 3.74. The molecule has 0 bridgehead atoms. The van der Waals surface area contributed by atoms with Crippen LogP contribution >= 0.6 is 39.1 Å². The molecule has 0 aliphatic heterocycles. The standard InChI is InChI=1S/C14H12BrCl2NO/c15-9-4-5-12(17)14(8-9)19-13-3-1-2-11(16)10(13)6-7-18/h1-5,8H,6-7,18H2. The minimum atomic E-state index is 0.506. The van der Waals surface area contributed by atoms with Crippen molar-refractivity contribution in [2.45, 2.75) is 6.42 Å². The van der Waals surface area contributed by atoms with E-state index >= 15 is 0 Å². The normalized spacial score (nSPS) is 10.5. The second-order valence-electron chi connectivity index (χ2n) is 3.93. The van der Waals surface area contributed by atoms with Crippen molar-refractivity contribution in [1.29, 1.82) is 0 Å². The number of halogens is 3. The second-order valence-corrected chi connectivity index (χ2v) is 5.66. The highest BCUT2D eigenvalue weighted by Gasteiger charge is 2.10. The fraction of sp³-hybridized carbons (Fsp3) is 0.143. The van der Waals surface area contributed by atoms with E-state index in [0.717, 1.165) is 10.0 Å². The lowest BCUT2D eigenvalue weighted by Gasteiger charge is -2.13. The fourth-order valence-electron chi connectivity index (χ4n) is 1.70. The van der Waals surface area contributed by atoms with Crippen LogP contribution in [0.2, 0.25) is 10.0 Å². The van der Waals surface area contributed by atoms with E-state index in [9.17, 15) is 0 Å². The predicted molar refractivity (Wildman–Crippen MR) is 83.4 cm³/mol. The Morgan fingerprint density at radius 2 is 1.84 bits per heavy atom. The molecule has 0 fully saturated rings. The maximum atomic E-state index is 6.17. The van der Waals surface area contributed by atoms with Gasteiger partial charge in [-0.1, -0.05) is 45.2 Å². The lowest BCUT2D eigenvalue weighted by molar-refractivity contribution is 0.476. The zero-order valence-electron chi connectivity index (χ0n) is 10.00. The summed E-state index contributed by atoms with van der Waals surface area (Å²) >= 11 is 15.7. The van der Waals surface area contributed by atoms with Gasteiger partial charge in [-0.15, -0.1) is 0 Å². The zero-order valence-corrected chi connectivity index (χ0v) is 13.1. The van der Waals surface area contributed by atoms with Crippen LogP contribution in [-0.2, 0) is 6.42 Å². The maximum absolute atomic E-state index is 6.17. The molecule has 0 spiro atoms. The Morgan fingerprint density at radius 3 is 2.58 bits per heavy atom. The molecule has 0 amide bonds. The Morgan fingerprint density at radius 1 is 1.05 bits per heavy atom. The van der Waals surface area contributed by atoms with Gasteiger partial charge in [0.05, 0.1) is 5.02 Å². The molecule has 5 heteroatoms. The van der Waals surface area contributed by atoms with Gasteiger partial charge in [0.1, 0.15) is 11.5 Å². The van der Waals surface area contributed by atoms with Crippen molar-refractivity contribution >= 4 is 39.1 Å². The summed E-state index contributed by atoms with van der Waals surface area (Å²) in [6.45, 7) is 0.506. The number of rotatable bonds is 4. The van der Waals surface area contributed by atoms with Gasteiger partial charge in [-0.25, -0.2) is 0 Å². The van der Waals surface area contributed by atoms with Crippen molar-refractivity contribution < 1.29 is 4.74 Å². The Labute approximate surface area is 130 Å². The van der Waals surface area contributed by atoms with Crippen molar-refractivity contribution in [2.24, 2.45) is 5.73 Å². The number of ether oxygens (including phenoxy) is 1. The van der Waals surface area contributed by atoms with Gasteiger partial charge in [-0.2, -0.15) is 0 Å². The van der Waals surface area contributed by atoms with Gasteiger partial charge in [0.15, 0.2) is 0 Å². The molecule has 0 atom stereocenters. The van der Waals surface area contributed by atoms with Crippen LogP contribution in [0, 0.1) is 0 Å². The van der Waals surface area contributed by atoms with E-state index in [0.29, 0.717) is 34.5 Å². The first-order valence-corrected chi connectivity index (χ1v) is 7.27. The van der Waals surface area contributed by atoms with Crippen LogP contribution in [0.5, 0.6) is 11.5 Å². The predicted octanol–water partition coefficient (Wildman–Crippen LogP) is 5.05. The summed E-state index contributed by atoms with van der Waals surface area (Å²) in [5, 5.41) is 1.19. The van der Waals surface area contributed by atoms with E-state index in [4.69, 9.17) is 33.7 Å². The van der Waals surface area contributed by atoms with Gasteiger partial charge in [0.2, 0.25) is 0 Å². The summed E-state index contributed by atoms with van der Waals surface area (Å²) in [6, 6.07) is 11.0. The second kappa shape index (κ2) is 6.62. The molecule has 0 saturated carbocycles. The van der Waals surface area contributed by atoms with Gasteiger partial charge in [0.25, 0.3) is 0 Å². The van der Waals surface area contributed by atoms with Crippen LogP contribution < -0.4 is 10.5 Å². The fourth-order valence-corrected chi connectivity index (χ4v) is 2.45. The quantitative estimate of drug-likeness (QED) is 0.827. The lowest BCUT2D eigenvalue weighted by atomic mass is 10.1. The first-order valence-electron chi connectivity index (χ1n) is 5.72. The van der Waals surface area contributed by atoms with Gasteiger partial charge in [-0.05, 0) is 43.3 Å². The van der Waals surface area contributed by atoms with Crippen molar-refractivity contribution in [1.82, 2.24) is 0 Å². The van der Waals surface area contributed by atoms with Crippen LogP contribution in [0.15, 0.2) is 40.9 Å². The summed E-state index contributed by atoms with van der Waals surface area (Å²) in [7, 11) is 0. The SMILES string of the molecule is NCCc1c(Cl)cccc1Oc1cc(Br)ccc1Cl. The molecule has 0 aliphatic carbocycles. The molecule has 0 saturated heterocycles. The van der Waals surface area contributed by atoms with Crippen LogP contribution in [0.25, 0.3) is 0 Å². The Balaban J connectivity index is 2.37. The van der Waals surface area contributed by atoms with Gasteiger partial charge >= 0.3 is 0 Å². The van der Waals surface area contributed by atoms with E-state index in [2.05, 4.69) is 15.9 Å². The van der Waals surface area contributed by atoms with Gasteiger partial charge in [0, 0.05) is 15.1 Å². The molecule has 0 aromatic heterocycles. The van der Waals surface area contributed by atoms with E-state index in [1.54, 1.807) is 6.07 Å². The molecule has 19 heavy (non-hydrogen) atoms. The lowest BCUT2D eigenvalue weighted by Crippen LogP contribution is -2.04. The van der Waals surface area contributed by atoms with Crippen LogP contribution in [-0.4, -0.2) is 6.54 Å².